The van der Waals surface area contributed by atoms with E-state index in [0.717, 1.165) is 30.0 Å². The van der Waals surface area contributed by atoms with Crippen molar-refractivity contribution < 1.29 is 9.21 Å². The standard InChI is InChI=1S/C18H22N2O2S/c21-17(20-11-5-7-13-6-1-3-9-15(13)20)12-23-18-19-14-8-2-4-10-16(14)22-18/h2,4,8,10,13,15H,1,3,5-7,9,11-12H2/t13-,15+/m1/s1. The molecule has 1 aromatic heterocycles. The zero-order valence-electron chi connectivity index (χ0n) is 13.2. The molecule has 1 amide bonds. The molecule has 1 saturated heterocycles. The van der Waals surface area contributed by atoms with Gasteiger partial charge in [-0.2, -0.15) is 0 Å². The monoisotopic (exact) mass is 330 g/mol. The minimum atomic E-state index is 0.244. The number of piperidine rings is 1. The molecule has 2 aromatic rings. The molecule has 1 aromatic carbocycles. The van der Waals surface area contributed by atoms with Crippen molar-refractivity contribution >= 4 is 28.8 Å². The minimum Gasteiger partial charge on any atom is -0.431 e. The van der Waals surface area contributed by atoms with Crippen LogP contribution in [0.1, 0.15) is 38.5 Å². The maximum absolute atomic E-state index is 12.7. The number of oxazole rings is 1. The summed E-state index contributed by atoms with van der Waals surface area (Å²) in [4.78, 5) is 19.3. The van der Waals surface area contributed by atoms with Crippen molar-refractivity contribution in [1.82, 2.24) is 9.88 Å². The molecule has 2 fully saturated rings. The lowest BCUT2D eigenvalue weighted by Gasteiger charge is -2.44. The second-order valence-corrected chi connectivity index (χ2v) is 7.50. The largest absolute Gasteiger partial charge is 0.431 e. The summed E-state index contributed by atoms with van der Waals surface area (Å²) in [6.45, 7) is 0.925. The van der Waals surface area contributed by atoms with Gasteiger partial charge in [0.05, 0.1) is 5.75 Å². The average molecular weight is 330 g/mol. The fourth-order valence-corrected chi connectivity index (χ4v) is 4.78. The Bertz CT molecular complexity index is 664. The van der Waals surface area contributed by atoms with E-state index in [4.69, 9.17) is 4.42 Å². The Morgan fingerprint density at radius 2 is 2.04 bits per heavy atom. The molecule has 2 heterocycles. The van der Waals surface area contributed by atoms with Gasteiger partial charge in [0, 0.05) is 12.6 Å². The van der Waals surface area contributed by atoms with E-state index in [2.05, 4.69) is 9.88 Å². The lowest BCUT2D eigenvalue weighted by atomic mass is 9.78. The molecule has 0 spiro atoms. The Hall–Kier alpha value is -1.49. The van der Waals surface area contributed by atoms with Crippen LogP contribution in [0.2, 0.25) is 0 Å². The first kappa shape index (κ1) is 15.1. The number of carbonyl (C=O) groups excluding carboxylic acids is 1. The van der Waals surface area contributed by atoms with Gasteiger partial charge in [-0.3, -0.25) is 4.79 Å². The maximum atomic E-state index is 12.7. The molecule has 23 heavy (non-hydrogen) atoms. The molecule has 0 N–H and O–H groups in total. The summed E-state index contributed by atoms with van der Waals surface area (Å²) in [5, 5.41) is 0.594. The number of para-hydroxylation sites is 2. The Kier molecular flexibility index (Phi) is 4.29. The topological polar surface area (TPSA) is 46.3 Å². The zero-order valence-corrected chi connectivity index (χ0v) is 14.1. The number of benzene rings is 1. The normalized spacial score (nSPS) is 24.6. The summed E-state index contributed by atoms with van der Waals surface area (Å²) in [6, 6.07) is 8.20. The van der Waals surface area contributed by atoms with Gasteiger partial charge in [-0.25, -0.2) is 4.98 Å². The number of aromatic nitrogens is 1. The van der Waals surface area contributed by atoms with Gasteiger partial charge in [-0.05, 0) is 43.7 Å². The first-order valence-electron chi connectivity index (χ1n) is 8.59. The van der Waals surface area contributed by atoms with Crippen molar-refractivity contribution in [3.05, 3.63) is 24.3 Å². The summed E-state index contributed by atoms with van der Waals surface area (Å²) >= 11 is 1.42. The van der Waals surface area contributed by atoms with E-state index < -0.39 is 0 Å². The van der Waals surface area contributed by atoms with Crippen molar-refractivity contribution in [3.63, 3.8) is 0 Å². The van der Waals surface area contributed by atoms with E-state index in [-0.39, 0.29) is 5.91 Å². The van der Waals surface area contributed by atoms with Crippen molar-refractivity contribution in [2.24, 2.45) is 5.92 Å². The van der Waals surface area contributed by atoms with Crippen LogP contribution in [0.15, 0.2) is 33.9 Å². The zero-order chi connectivity index (χ0) is 15.6. The van der Waals surface area contributed by atoms with Crippen molar-refractivity contribution in [2.75, 3.05) is 12.3 Å². The van der Waals surface area contributed by atoms with Crippen LogP contribution in [0.5, 0.6) is 0 Å². The fourth-order valence-electron chi connectivity index (χ4n) is 4.05. The van der Waals surface area contributed by atoms with Crippen LogP contribution in [-0.4, -0.2) is 34.1 Å². The highest BCUT2D eigenvalue weighted by atomic mass is 32.2. The van der Waals surface area contributed by atoms with Crippen LogP contribution in [-0.2, 0) is 4.79 Å². The third-order valence-corrected chi connectivity index (χ3v) is 5.97. The van der Waals surface area contributed by atoms with Crippen molar-refractivity contribution in [2.45, 2.75) is 49.8 Å². The van der Waals surface area contributed by atoms with Crippen LogP contribution in [0.25, 0.3) is 11.1 Å². The molecule has 0 bridgehead atoms. The molecule has 5 heteroatoms. The van der Waals surface area contributed by atoms with Crippen LogP contribution >= 0.6 is 11.8 Å². The number of amides is 1. The summed E-state index contributed by atoms with van der Waals surface area (Å²) in [7, 11) is 0. The summed E-state index contributed by atoms with van der Waals surface area (Å²) in [6.07, 6.45) is 7.54. The minimum absolute atomic E-state index is 0.244. The average Bonchev–Trinajstić information content (AvgIpc) is 3.02. The third kappa shape index (κ3) is 3.11. The highest BCUT2D eigenvalue weighted by Crippen LogP contribution is 2.35. The van der Waals surface area contributed by atoms with Gasteiger partial charge in [0.15, 0.2) is 5.58 Å². The van der Waals surface area contributed by atoms with Crippen LogP contribution in [0.3, 0.4) is 0 Å². The number of nitrogens with zero attached hydrogens (tertiary/aromatic N) is 2. The molecule has 2 aliphatic rings. The van der Waals surface area contributed by atoms with Crippen molar-refractivity contribution in [1.29, 1.82) is 0 Å². The Balaban J connectivity index is 1.40. The van der Waals surface area contributed by atoms with Gasteiger partial charge in [0.1, 0.15) is 5.52 Å². The van der Waals surface area contributed by atoms with Gasteiger partial charge in [0.2, 0.25) is 5.91 Å². The maximum Gasteiger partial charge on any atom is 0.257 e. The highest BCUT2D eigenvalue weighted by Gasteiger charge is 2.35. The summed E-state index contributed by atoms with van der Waals surface area (Å²) in [5.74, 6) is 1.40. The fraction of sp³-hybridized carbons (Fsp3) is 0.556. The number of hydrogen-bond donors (Lipinski definition) is 0. The molecule has 4 nitrogen and oxygen atoms in total. The first-order valence-corrected chi connectivity index (χ1v) is 9.57. The van der Waals surface area contributed by atoms with Gasteiger partial charge >= 0.3 is 0 Å². The number of carbonyl (C=O) groups is 1. The van der Waals surface area contributed by atoms with E-state index in [0.29, 0.717) is 17.0 Å². The molecule has 2 atom stereocenters. The molecular weight excluding hydrogens is 308 g/mol. The second-order valence-electron chi connectivity index (χ2n) is 6.58. The molecule has 1 aliphatic carbocycles. The Morgan fingerprint density at radius 3 is 2.96 bits per heavy atom. The number of likely N-dealkylation sites (tertiary alicyclic amines) is 1. The van der Waals surface area contributed by atoms with E-state index in [1.165, 1.54) is 43.9 Å². The molecule has 1 aliphatic heterocycles. The number of hydrogen-bond acceptors (Lipinski definition) is 4. The molecule has 122 valence electrons. The predicted molar refractivity (Wildman–Crippen MR) is 91.4 cm³/mol. The van der Waals surface area contributed by atoms with E-state index >= 15 is 0 Å². The smallest absolute Gasteiger partial charge is 0.257 e. The van der Waals surface area contributed by atoms with E-state index in [1.807, 2.05) is 24.3 Å². The molecule has 0 unspecified atom stereocenters. The lowest BCUT2D eigenvalue weighted by molar-refractivity contribution is -0.134. The summed E-state index contributed by atoms with van der Waals surface area (Å²) in [5.41, 5.74) is 1.64. The van der Waals surface area contributed by atoms with Gasteiger partial charge in [-0.1, -0.05) is 36.7 Å². The third-order valence-electron chi connectivity index (χ3n) is 5.16. The quantitative estimate of drug-likeness (QED) is 0.795. The number of thioether (sulfide) groups is 1. The second kappa shape index (κ2) is 6.56. The lowest BCUT2D eigenvalue weighted by Crippen LogP contribution is -2.50. The summed E-state index contributed by atoms with van der Waals surface area (Å²) < 4.78 is 5.69. The van der Waals surface area contributed by atoms with Crippen LogP contribution < -0.4 is 0 Å². The van der Waals surface area contributed by atoms with Gasteiger partial charge in [0.25, 0.3) is 5.22 Å². The van der Waals surface area contributed by atoms with Gasteiger partial charge in [-0.15, -0.1) is 0 Å². The molecule has 1 saturated carbocycles. The number of fused-ring (bicyclic) bond motifs is 2. The first-order chi connectivity index (χ1) is 11.3. The SMILES string of the molecule is O=C(CSc1nc2ccccc2o1)N1CCC[C@H]2CCCC[C@@H]21. The van der Waals surface area contributed by atoms with E-state index in [9.17, 15) is 4.79 Å². The van der Waals surface area contributed by atoms with E-state index in [1.54, 1.807) is 0 Å². The van der Waals surface area contributed by atoms with Gasteiger partial charge < -0.3 is 9.32 Å². The number of rotatable bonds is 3. The van der Waals surface area contributed by atoms with Crippen LogP contribution in [0, 0.1) is 5.92 Å². The van der Waals surface area contributed by atoms with Crippen LogP contribution in [0.4, 0.5) is 0 Å². The Labute approximate surface area is 140 Å². The van der Waals surface area contributed by atoms with Crippen molar-refractivity contribution in [3.8, 4) is 0 Å². The highest BCUT2D eigenvalue weighted by molar-refractivity contribution is 7.99. The Morgan fingerprint density at radius 1 is 1.22 bits per heavy atom. The molecular formula is C18H22N2O2S. The molecule has 0 radical (unpaired) electrons. The molecule has 4 rings (SSSR count). The predicted octanol–water partition coefficient (Wildman–Crippen LogP) is 4.10.